The second-order valence-corrected chi connectivity index (χ2v) is 12.3. The summed E-state index contributed by atoms with van der Waals surface area (Å²) in [7, 11) is 1.51. The molecule has 3 aromatic heterocycles. The lowest BCUT2D eigenvalue weighted by atomic mass is 9.97. The van der Waals surface area contributed by atoms with E-state index in [2.05, 4.69) is 24.9 Å². The Kier molecular flexibility index (Phi) is 9.32. The van der Waals surface area contributed by atoms with Crippen LogP contribution in [0.25, 0.3) is 22.8 Å². The number of rotatable bonds is 12. The summed E-state index contributed by atoms with van der Waals surface area (Å²) in [6.07, 6.45) is 1.19. The average molecular weight is 685 g/mol. The maximum atomic E-state index is 13.6. The number of imidazole rings is 1. The molecule has 1 aliphatic rings. The van der Waals surface area contributed by atoms with Gasteiger partial charge in [-0.3, -0.25) is 4.79 Å². The average Bonchev–Trinajstić information content (AvgIpc) is 3.85. The van der Waals surface area contributed by atoms with Gasteiger partial charge >= 0.3 is 6.18 Å². The Bertz CT molecular complexity index is 2040. The van der Waals surface area contributed by atoms with Gasteiger partial charge in [-0.15, -0.1) is 0 Å². The number of carbonyl (C=O) groups is 1. The number of benzene rings is 2. The monoisotopic (exact) mass is 684 g/mol. The Hall–Kier alpha value is -5.73. The van der Waals surface area contributed by atoms with Crippen molar-refractivity contribution in [2.24, 2.45) is 5.73 Å². The first-order chi connectivity index (χ1) is 23.9. The van der Waals surface area contributed by atoms with E-state index in [-0.39, 0.29) is 41.6 Å². The van der Waals surface area contributed by atoms with Gasteiger partial charge in [-0.1, -0.05) is 42.5 Å². The van der Waals surface area contributed by atoms with Gasteiger partial charge in [0, 0.05) is 41.4 Å². The quantitative estimate of drug-likeness (QED) is 0.145. The van der Waals surface area contributed by atoms with Crippen LogP contribution >= 0.6 is 0 Å². The molecule has 0 bridgehead atoms. The number of carbonyl (C=O) groups excluding carboxylic acids is 1. The van der Waals surface area contributed by atoms with Crippen LogP contribution < -0.4 is 15.4 Å². The number of ether oxygens (including phenoxy) is 1. The molecular formula is C35H35F3N10O2. The summed E-state index contributed by atoms with van der Waals surface area (Å²) < 4.78 is 47.7. The lowest BCUT2D eigenvalue weighted by Gasteiger charge is -2.30. The molecule has 12 nitrogen and oxygen atoms in total. The number of halogens is 3. The van der Waals surface area contributed by atoms with Gasteiger partial charge in [-0.25, -0.2) is 24.9 Å². The Morgan fingerprint density at radius 3 is 2.30 bits per heavy atom. The summed E-state index contributed by atoms with van der Waals surface area (Å²) in [4.78, 5) is 40.6. The second kappa shape index (κ2) is 13.6. The molecular weight excluding hydrogens is 649 g/mol. The minimum absolute atomic E-state index is 0.0934. The number of hydrogen-bond acceptors (Lipinski definition) is 10. The third-order valence-corrected chi connectivity index (χ3v) is 8.55. The van der Waals surface area contributed by atoms with Crippen molar-refractivity contribution < 1.29 is 22.7 Å². The molecule has 1 amide bonds. The number of nitrogens with one attached hydrogen (secondary N) is 1. The molecule has 3 N–H and O–H groups in total. The molecule has 258 valence electrons. The lowest BCUT2D eigenvalue weighted by Crippen LogP contribution is -2.40. The van der Waals surface area contributed by atoms with E-state index in [0.717, 1.165) is 30.3 Å². The highest BCUT2D eigenvalue weighted by Crippen LogP contribution is 2.45. The van der Waals surface area contributed by atoms with Crippen molar-refractivity contribution in [1.29, 1.82) is 5.41 Å². The summed E-state index contributed by atoms with van der Waals surface area (Å²) >= 11 is 0. The van der Waals surface area contributed by atoms with E-state index < -0.39 is 23.8 Å². The Balaban J connectivity index is 1.40. The number of nitrogens with zero attached hydrogens (tertiary/aromatic N) is 8. The standard InChI is InChI=1S/C35H35F3N10O2/c1-19(2)47-16-26(35(36,37)38)45-32(47)23-11-9-21(10-12-23)15-48(20(3)28(39)24-7-5-6-8-25(24)30(40)49)34-44-18-42-31(46-34)27-29(22-13-14-22)41-17-43-33(27)50-4/h5-12,16-20,22,39H,13-15H2,1-4H3,(H2,40,49)/t20-/m0/s1. The van der Waals surface area contributed by atoms with Crippen molar-refractivity contribution in [3.05, 3.63) is 95.5 Å². The first kappa shape index (κ1) is 34.1. The van der Waals surface area contributed by atoms with E-state index in [1.54, 1.807) is 74.2 Å². The van der Waals surface area contributed by atoms with Crippen molar-refractivity contribution in [2.45, 2.75) is 64.3 Å². The Morgan fingerprint density at radius 1 is 1.00 bits per heavy atom. The van der Waals surface area contributed by atoms with Gasteiger partial charge in [0.05, 0.1) is 24.6 Å². The van der Waals surface area contributed by atoms with Crippen LogP contribution in [0.2, 0.25) is 0 Å². The lowest BCUT2D eigenvalue weighted by molar-refractivity contribution is -0.140. The van der Waals surface area contributed by atoms with Crippen molar-refractivity contribution >= 4 is 17.6 Å². The molecule has 0 spiro atoms. The fraction of sp³-hybridized carbons (Fsp3) is 0.314. The normalized spacial score (nSPS) is 13.7. The number of methoxy groups -OCH3 is 1. The number of amides is 1. The fourth-order valence-corrected chi connectivity index (χ4v) is 5.75. The maximum absolute atomic E-state index is 13.6. The van der Waals surface area contributed by atoms with Crippen LogP contribution in [0, 0.1) is 5.41 Å². The molecule has 0 saturated heterocycles. The van der Waals surface area contributed by atoms with E-state index >= 15 is 0 Å². The van der Waals surface area contributed by atoms with Gasteiger partial charge in [0.15, 0.2) is 11.5 Å². The second-order valence-electron chi connectivity index (χ2n) is 12.3. The molecule has 15 heteroatoms. The molecule has 50 heavy (non-hydrogen) atoms. The topological polar surface area (TPSA) is 162 Å². The molecule has 0 aliphatic heterocycles. The SMILES string of the molecule is COc1ncnc(C2CC2)c1-c1ncnc(N(Cc2ccc(-c3nc(C(F)(F)F)cn3C(C)C)cc2)[C@@H](C)C(=N)c2ccccc2C(N)=O)n1. The summed E-state index contributed by atoms with van der Waals surface area (Å²) in [6.45, 7) is 5.55. The van der Waals surface area contributed by atoms with Gasteiger partial charge in [0.1, 0.15) is 24.0 Å². The van der Waals surface area contributed by atoms with E-state index in [1.165, 1.54) is 24.3 Å². The van der Waals surface area contributed by atoms with Gasteiger partial charge < -0.3 is 25.3 Å². The van der Waals surface area contributed by atoms with Gasteiger partial charge in [-0.05, 0) is 45.2 Å². The summed E-state index contributed by atoms with van der Waals surface area (Å²) in [6, 6.07) is 12.6. The van der Waals surface area contributed by atoms with Crippen LogP contribution in [-0.4, -0.2) is 59.2 Å². The van der Waals surface area contributed by atoms with Gasteiger partial charge in [0.25, 0.3) is 0 Å². The molecule has 0 radical (unpaired) electrons. The van der Waals surface area contributed by atoms with Crippen LogP contribution in [0.4, 0.5) is 19.1 Å². The van der Waals surface area contributed by atoms with Crippen molar-refractivity contribution in [3.8, 4) is 28.7 Å². The van der Waals surface area contributed by atoms with Crippen molar-refractivity contribution in [1.82, 2.24) is 34.5 Å². The van der Waals surface area contributed by atoms with E-state index in [0.29, 0.717) is 28.4 Å². The minimum Gasteiger partial charge on any atom is -0.480 e. The molecule has 0 unspecified atom stereocenters. The first-order valence-corrected chi connectivity index (χ1v) is 15.9. The number of nitrogens with two attached hydrogens (primary N) is 1. The van der Waals surface area contributed by atoms with Crippen LogP contribution in [0.1, 0.15) is 78.4 Å². The molecule has 1 atom stereocenters. The Morgan fingerprint density at radius 2 is 1.68 bits per heavy atom. The Labute approximate surface area is 286 Å². The first-order valence-electron chi connectivity index (χ1n) is 15.9. The zero-order valence-electron chi connectivity index (χ0n) is 27.8. The number of aromatic nitrogens is 7. The molecule has 1 aliphatic carbocycles. The molecule has 6 rings (SSSR count). The van der Waals surface area contributed by atoms with Crippen LogP contribution in [0.5, 0.6) is 5.88 Å². The highest BCUT2D eigenvalue weighted by molar-refractivity contribution is 6.11. The zero-order valence-corrected chi connectivity index (χ0v) is 27.8. The fourth-order valence-electron chi connectivity index (χ4n) is 5.75. The summed E-state index contributed by atoms with van der Waals surface area (Å²) in [5, 5.41) is 9.20. The van der Waals surface area contributed by atoms with Gasteiger partial charge in [-0.2, -0.15) is 18.2 Å². The highest BCUT2D eigenvalue weighted by atomic mass is 19.4. The van der Waals surface area contributed by atoms with Gasteiger partial charge in [0.2, 0.25) is 17.7 Å². The molecule has 3 heterocycles. The molecule has 1 fully saturated rings. The van der Waals surface area contributed by atoms with E-state index in [9.17, 15) is 23.4 Å². The number of alkyl halides is 3. The third-order valence-electron chi connectivity index (χ3n) is 8.55. The predicted octanol–water partition coefficient (Wildman–Crippen LogP) is 6.24. The van der Waals surface area contributed by atoms with Crippen molar-refractivity contribution in [2.75, 3.05) is 12.0 Å². The number of anilines is 1. The number of hydrogen-bond donors (Lipinski definition) is 2. The minimum atomic E-state index is -4.58. The highest BCUT2D eigenvalue weighted by Gasteiger charge is 2.36. The van der Waals surface area contributed by atoms with Crippen molar-refractivity contribution in [3.63, 3.8) is 0 Å². The molecule has 5 aromatic rings. The molecule has 1 saturated carbocycles. The smallest absolute Gasteiger partial charge is 0.434 e. The largest absolute Gasteiger partial charge is 0.480 e. The predicted molar refractivity (Wildman–Crippen MR) is 180 cm³/mol. The van der Waals surface area contributed by atoms with Crippen LogP contribution in [-0.2, 0) is 12.7 Å². The van der Waals surface area contributed by atoms with Crippen LogP contribution in [0.15, 0.2) is 67.4 Å². The van der Waals surface area contributed by atoms with Crippen LogP contribution in [0.3, 0.4) is 0 Å². The number of primary amides is 1. The molecule has 2 aromatic carbocycles. The summed E-state index contributed by atoms with van der Waals surface area (Å²) in [5.74, 6) is 0.608. The van der Waals surface area contributed by atoms with E-state index in [1.807, 2.05) is 0 Å². The third kappa shape index (κ3) is 6.88. The zero-order chi connectivity index (χ0) is 35.7. The maximum Gasteiger partial charge on any atom is 0.434 e. The summed E-state index contributed by atoms with van der Waals surface area (Å²) in [5.41, 5.74) is 7.94. The van der Waals surface area contributed by atoms with E-state index in [4.69, 9.17) is 15.5 Å².